The van der Waals surface area contributed by atoms with Crippen molar-refractivity contribution >= 4 is 16.7 Å². The average molecular weight is 861 g/mol. The molecule has 4 heterocycles. The second kappa shape index (κ2) is 28.2. The molecule has 18 nitrogen and oxygen atoms in total. The van der Waals surface area contributed by atoms with Gasteiger partial charge in [-0.25, -0.2) is 14.8 Å². The van der Waals surface area contributed by atoms with Gasteiger partial charge in [-0.05, 0) is 145 Å². The van der Waals surface area contributed by atoms with Gasteiger partial charge in [0.25, 0.3) is 0 Å². The second-order valence-electron chi connectivity index (χ2n) is 11.9. The van der Waals surface area contributed by atoms with E-state index in [0.29, 0.717) is 16.9 Å². The molecule has 4 aromatic rings. The monoisotopic (exact) mass is 860 g/mol. The van der Waals surface area contributed by atoms with E-state index in [-0.39, 0.29) is 37.3 Å². The number of pyridine rings is 1. The third-order valence-corrected chi connectivity index (χ3v) is 7.26. The maximum atomic E-state index is 13.1. The van der Waals surface area contributed by atoms with Gasteiger partial charge in [-0.2, -0.15) is 14.9 Å². The molecule has 5 rings (SSSR count). The number of benzene rings is 1. The topological polar surface area (TPSA) is 232 Å². The molecule has 18 heteroatoms. The zero-order valence-electron chi connectivity index (χ0n) is 34.2. The van der Waals surface area contributed by atoms with Crippen LogP contribution in [0, 0.1) is 152 Å². The standard InChI is InChI=1S/C23H23N7O2.C23H4.H3N7O2.9H2/c1-15-10-28(11-16(2)32-15)12-19-7-20-21(25-9-19)29(23(31)30-22(20)26-14-27-30)13-18-5-3-4-17(6-18)8-24;1-3-5-7-9-11-13-15-17-19-21-23-22-20-18-16-14-12-10-8-6-4-2;1-2-3-4-5-6-7(8)9;;;;;;;;;/h3-7,9,14-16H,10-13H2,1-2H3;1H,2H3;(H2,1,3,5)(H,2,4,6);9*1H/t15-,16+;;;;;;;;;;;. The molecule has 0 unspecified atom stereocenters. The van der Waals surface area contributed by atoms with Gasteiger partial charge in [0.2, 0.25) is 0 Å². The van der Waals surface area contributed by atoms with Gasteiger partial charge in [0.15, 0.2) is 10.9 Å². The fourth-order valence-corrected chi connectivity index (χ4v) is 5.20. The number of terminal acetylenes is 1. The van der Waals surface area contributed by atoms with Crippen LogP contribution in [0.5, 0.6) is 0 Å². The number of nitrogens with two attached hydrogens (primary N) is 1. The summed E-state index contributed by atoms with van der Waals surface area (Å²) in [4.78, 5) is 33.9. The van der Waals surface area contributed by atoms with Gasteiger partial charge in [0.1, 0.15) is 17.2 Å². The molecule has 326 valence electrons. The summed E-state index contributed by atoms with van der Waals surface area (Å²) in [5.74, 6) is 56.4. The number of aromatic nitrogens is 5. The highest BCUT2D eigenvalue weighted by Crippen LogP contribution is 2.20. The van der Waals surface area contributed by atoms with Crippen molar-refractivity contribution in [3.63, 3.8) is 0 Å². The van der Waals surface area contributed by atoms with Crippen molar-refractivity contribution in [1.29, 1.82) is 5.26 Å². The van der Waals surface area contributed by atoms with E-state index in [4.69, 9.17) is 11.2 Å². The van der Waals surface area contributed by atoms with Gasteiger partial charge in [0.05, 0.1) is 40.8 Å². The minimum absolute atomic E-state index is 0. The fourth-order valence-electron chi connectivity index (χ4n) is 5.20. The van der Waals surface area contributed by atoms with Crippen molar-refractivity contribution in [3.8, 4) is 137 Å². The summed E-state index contributed by atoms with van der Waals surface area (Å²) in [7, 11) is 0. The third kappa shape index (κ3) is 17.7. The Balaban J connectivity index is -0.000000190. The Morgan fingerprint density at radius 3 is 1.97 bits per heavy atom. The van der Waals surface area contributed by atoms with Crippen molar-refractivity contribution in [1.82, 2.24) is 34.6 Å². The average Bonchev–Trinajstić information content (AvgIpc) is 3.79. The van der Waals surface area contributed by atoms with Crippen LogP contribution in [0.3, 0.4) is 0 Å². The van der Waals surface area contributed by atoms with Gasteiger partial charge in [-0.1, -0.05) is 23.3 Å². The molecule has 0 aliphatic carbocycles. The summed E-state index contributed by atoms with van der Waals surface area (Å²) in [5, 5.41) is 33.4. The number of ether oxygens (including phenoxy) is 1. The van der Waals surface area contributed by atoms with E-state index < -0.39 is 5.03 Å². The van der Waals surface area contributed by atoms with Gasteiger partial charge in [-0.15, -0.1) is 6.42 Å². The number of nitro groups is 1. The number of nitrogens with zero attached hydrogens (tertiary/aromatic N) is 12. The first-order valence-electron chi connectivity index (χ1n) is 18.1. The Bertz CT molecular complexity index is 3280. The summed E-state index contributed by atoms with van der Waals surface area (Å²) in [6.45, 7) is 8.61. The lowest BCUT2D eigenvalue weighted by Gasteiger charge is -2.35. The molecule has 64 heavy (non-hydrogen) atoms. The van der Waals surface area contributed by atoms with E-state index in [1.165, 1.54) is 16.4 Å². The van der Waals surface area contributed by atoms with Crippen molar-refractivity contribution in [2.75, 3.05) is 13.1 Å². The van der Waals surface area contributed by atoms with Crippen molar-refractivity contribution < 1.29 is 22.6 Å². The maximum absolute atomic E-state index is 13.1. The smallest absolute Gasteiger partial charge is 0.352 e. The number of fused-ring (bicyclic) bond motifs is 3. The quantitative estimate of drug-likeness (QED) is 0.0878. The second-order valence-corrected chi connectivity index (χ2v) is 11.9. The SMILES string of the molecule is C#CC#CC#CC#CC#CC#CC#CC#CC#CC#CC#CC.C[C@@H]1CN(Cc2cnc3c(c2)c2ncnn2c(=O)n3Cc2cccc(C#N)c2)C[C@H](C)O1.NN=NN=NN[N+](=O)[O-].[HH].[HH].[HH].[HH].[HH].[HH].[HH].[HH].[HH]. The zero-order chi connectivity index (χ0) is 46.2. The highest BCUT2D eigenvalue weighted by Gasteiger charge is 2.23. The lowest BCUT2D eigenvalue weighted by Crippen LogP contribution is -2.44. The van der Waals surface area contributed by atoms with Crippen LogP contribution < -0.4 is 17.1 Å². The van der Waals surface area contributed by atoms with Crippen molar-refractivity contribution in [2.24, 2.45) is 26.7 Å². The van der Waals surface area contributed by atoms with Crippen LogP contribution in [0.25, 0.3) is 16.7 Å². The van der Waals surface area contributed by atoms with Gasteiger partial charge in [0, 0.05) is 73.1 Å². The number of hydrogen-bond donors (Lipinski definition) is 2. The Morgan fingerprint density at radius 1 is 0.859 bits per heavy atom. The van der Waals surface area contributed by atoms with Gasteiger partial charge in [-0.3, -0.25) is 9.47 Å². The van der Waals surface area contributed by atoms with Crippen LogP contribution in [0.2, 0.25) is 0 Å². The molecule has 0 radical (unpaired) electrons. The Kier molecular flexibility index (Phi) is 21.2. The lowest BCUT2D eigenvalue weighted by molar-refractivity contribution is -0.546. The van der Waals surface area contributed by atoms with Crippen LogP contribution in [-0.4, -0.2) is 59.4 Å². The van der Waals surface area contributed by atoms with Crippen LogP contribution in [-0.2, 0) is 17.8 Å². The number of nitrogens with one attached hydrogen (secondary N) is 1. The van der Waals surface area contributed by atoms with Crippen molar-refractivity contribution in [2.45, 2.75) is 46.1 Å². The number of hydrazine groups is 1. The van der Waals surface area contributed by atoms with E-state index in [1.54, 1.807) is 23.6 Å². The van der Waals surface area contributed by atoms with Gasteiger partial charge < -0.3 is 20.7 Å². The molecule has 3 N–H and O–H groups in total. The van der Waals surface area contributed by atoms with Crippen molar-refractivity contribution in [3.05, 3.63) is 80.1 Å². The van der Waals surface area contributed by atoms with Crippen LogP contribution in [0.1, 0.15) is 50.3 Å². The Labute approximate surface area is 381 Å². The Morgan fingerprint density at radius 2 is 1.44 bits per heavy atom. The predicted octanol–water partition coefficient (Wildman–Crippen LogP) is 4.23. The largest absolute Gasteiger partial charge is 0.373 e. The van der Waals surface area contributed by atoms with Crippen LogP contribution >= 0.6 is 0 Å². The molecule has 0 saturated carbocycles. The zero-order valence-corrected chi connectivity index (χ0v) is 34.2. The molecule has 1 fully saturated rings. The molecule has 2 atom stereocenters. The highest BCUT2D eigenvalue weighted by molar-refractivity contribution is 5.89. The minimum Gasteiger partial charge on any atom is -0.373 e. The van der Waals surface area contributed by atoms with E-state index >= 15 is 0 Å². The summed E-state index contributed by atoms with van der Waals surface area (Å²) < 4.78 is 8.72. The fraction of sp³-hybridized carbons (Fsp3) is 0.196. The molecule has 1 aromatic carbocycles. The first kappa shape index (κ1) is 48.1. The van der Waals surface area contributed by atoms with E-state index in [9.17, 15) is 20.2 Å². The van der Waals surface area contributed by atoms with Crippen LogP contribution in [0.4, 0.5) is 0 Å². The normalized spacial score (nSPS) is 12.6. The third-order valence-electron chi connectivity index (χ3n) is 7.26. The molecule has 3 aromatic heterocycles. The molecule has 1 aliphatic rings. The van der Waals surface area contributed by atoms with E-state index in [1.807, 2.05) is 24.4 Å². The summed E-state index contributed by atoms with van der Waals surface area (Å²) in [5.41, 5.74) is 4.50. The molecular formula is C46H48N14O4. The summed E-state index contributed by atoms with van der Waals surface area (Å²) in [6.07, 6.45) is 8.48. The first-order chi connectivity index (χ1) is 31.2. The van der Waals surface area contributed by atoms with Crippen LogP contribution in [0.15, 0.2) is 68.5 Å². The first-order valence-corrected chi connectivity index (χ1v) is 18.1. The summed E-state index contributed by atoms with van der Waals surface area (Å²) >= 11 is 0. The van der Waals surface area contributed by atoms with E-state index in [2.05, 4.69) is 191 Å². The lowest BCUT2D eigenvalue weighted by atomic mass is 10.1. The molecule has 0 amide bonds. The predicted molar refractivity (Wildman–Crippen MR) is 253 cm³/mol. The Hall–Kier alpha value is -10.2. The molecular weight excluding hydrogens is 813 g/mol. The number of nitriles is 1. The van der Waals surface area contributed by atoms with Gasteiger partial charge >= 0.3 is 5.69 Å². The number of morpholine rings is 1. The minimum atomic E-state index is -0.907. The summed E-state index contributed by atoms with van der Waals surface area (Å²) in [6, 6.07) is 11.4. The molecule has 1 saturated heterocycles. The highest BCUT2D eigenvalue weighted by atomic mass is 16.7. The molecule has 0 bridgehead atoms. The number of hydrogen-bond acceptors (Lipinski definition) is 11. The molecule has 1 aliphatic heterocycles. The van der Waals surface area contributed by atoms with E-state index in [0.717, 1.165) is 36.1 Å². The molecule has 0 spiro atoms. The number of rotatable bonds is 7. The maximum Gasteiger partial charge on any atom is 0.352 e.